The molecule has 0 radical (unpaired) electrons. The number of aryl methyl sites for hydroxylation is 4. The Morgan fingerprint density at radius 1 is 0.950 bits per heavy atom. The second kappa shape index (κ2) is 5.76. The maximum absolute atomic E-state index is 14.1. The van der Waals surface area contributed by atoms with Crippen LogP contribution in [0, 0.1) is 33.5 Å². The molecule has 0 fully saturated rings. The molecule has 0 amide bonds. The molecule has 2 rings (SSSR count). The van der Waals surface area contributed by atoms with Gasteiger partial charge in [-0.1, -0.05) is 29.8 Å². The highest BCUT2D eigenvalue weighted by atomic mass is 19.1. The lowest BCUT2D eigenvalue weighted by atomic mass is 9.93. The predicted octanol–water partition coefficient (Wildman–Crippen LogP) is 4.34. The van der Waals surface area contributed by atoms with E-state index in [9.17, 15) is 9.50 Å². The summed E-state index contributed by atoms with van der Waals surface area (Å²) in [5.41, 5.74) is 5.44. The van der Waals surface area contributed by atoms with Gasteiger partial charge < -0.3 is 5.11 Å². The Bertz CT molecular complexity index is 608. The van der Waals surface area contributed by atoms with Crippen molar-refractivity contribution in [2.24, 2.45) is 0 Å². The molecule has 2 aromatic rings. The van der Waals surface area contributed by atoms with Crippen molar-refractivity contribution in [1.29, 1.82) is 0 Å². The first-order chi connectivity index (χ1) is 9.38. The number of aliphatic hydroxyl groups is 1. The second-order valence-corrected chi connectivity index (χ2v) is 5.63. The average molecular weight is 272 g/mol. The number of hydrogen-bond donors (Lipinski definition) is 1. The Balaban J connectivity index is 2.33. The molecule has 2 aromatic carbocycles. The van der Waals surface area contributed by atoms with E-state index in [1.54, 1.807) is 0 Å². The molecule has 2 heteroatoms. The summed E-state index contributed by atoms with van der Waals surface area (Å²) in [7, 11) is 0. The third-order valence-electron chi connectivity index (χ3n) is 3.73. The smallest absolute Gasteiger partial charge is 0.129 e. The van der Waals surface area contributed by atoms with Crippen LogP contribution in [0.5, 0.6) is 0 Å². The van der Waals surface area contributed by atoms with E-state index in [1.807, 2.05) is 45.9 Å². The molecule has 0 heterocycles. The van der Waals surface area contributed by atoms with E-state index in [-0.39, 0.29) is 5.82 Å². The highest BCUT2D eigenvalue weighted by molar-refractivity contribution is 5.36. The van der Waals surface area contributed by atoms with Gasteiger partial charge in [0.1, 0.15) is 5.82 Å². The summed E-state index contributed by atoms with van der Waals surface area (Å²) in [6, 6.07) is 9.53. The van der Waals surface area contributed by atoms with E-state index in [0.29, 0.717) is 12.0 Å². The standard InChI is InChI=1S/C18H21FO/c1-11-5-6-13(3)15(8-11)10-17(20)18-14(4)7-12(2)9-16(18)19/h5-9,17,20H,10H2,1-4H3. The molecular weight excluding hydrogens is 251 g/mol. The number of halogens is 1. The number of hydrogen-bond acceptors (Lipinski definition) is 1. The average Bonchev–Trinajstić information content (AvgIpc) is 2.32. The van der Waals surface area contributed by atoms with Crippen LogP contribution in [0.3, 0.4) is 0 Å². The zero-order valence-corrected chi connectivity index (χ0v) is 12.5. The lowest BCUT2D eigenvalue weighted by Gasteiger charge is -2.17. The molecule has 1 nitrogen and oxygen atoms in total. The van der Waals surface area contributed by atoms with Crippen molar-refractivity contribution in [2.45, 2.75) is 40.2 Å². The van der Waals surface area contributed by atoms with Crippen molar-refractivity contribution in [3.05, 3.63) is 69.5 Å². The topological polar surface area (TPSA) is 20.2 Å². The van der Waals surface area contributed by atoms with E-state index in [2.05, 4.69) is 6.07 Å². The fourth-order valence-electron chi connectivity index (χ4n) is 2.68. The normalized spacial score (nSPS) is 12.5. The van der Waals surface area contributed by atoms with E-state index in [0.717, 1.165) is 27.8 Å². The van der Waals surface area contributed by atoms with Crippen molar-refractivity contribution >= 4 is 0 Å². The highest BCUT2D eigenvalue weighted by Crippen LogP contribution is 2.27. The Labute approximate surface area is 120 Å². The fraction of sp³-hybridized carbons (Fsp3) is 0.333. The van der Waals surface area contributed by atoms with Crippen molar-refractivity contribution < 1.29 is 9.50 Å². The van der Waals surface area contributed by atoms with Crippen LogP contribution in [0.1, 0.15) is 39.5 Å². The minimum atomic E-state index is -0.809. The SMILES string of the molecule is Cc1cc(C)c(C(O)Cc2cc(C)ccc2C)c(F)c1. The monoisotopic (exact) mass is 272 g/mol. The molecule has 0 saturated heterocycles. The Morgan fingerprint density at radius 2 is 1.65 bits per heavy atom. The minimum absolute atomic E-state index is 0.319. The molecule has 0 aliphatic rings. The third kappa shape index (κ3) is 3.07. The first-order valence-electron chi connectivity index (χ1n) is 6.89. The van der Waals surface area contributed by atoms with Gasteiger partial charge in [0.15, 0.2) is 0 Å². The fourth-order valence-corrected chi connectivity index (χ4v) is 2.68. The summed E-state index contributed by atoms with van der Waals surface area (Å²) in [5.74, 6) is -0.319. The van der Waals surface area contributed by atoms with Gasteiger partial charge in [-0.05, 0) is 56.0 Å². The first kappa shape index (κ1) is 14.7. The van der Waals surface area contributed by atoms with Crippen molar-refractivity contribution in [1.82, 2.24) is 0 Å². The zero-order chi connectivity index (χ0) is 14.9. The molecule has 106 valence electrons. The Hall–Kier alpha value is -1.67. The molecule has 0 saturated carbocycles. The lowest BCUT2D eigenvalue weighted by molar-refractivity contribution is 0.172. The zero-order valence-electron chi connectivity index (χ0n) is 12.5. The Kier molecular flexibility index (Phi) is 4.24. The molecule has 0 bridgehead atoms. The first-order valence-corrected chi connectivity index (χ1v) is 6.89. The van der Waals surface area contributed by atoms with Gasteiger partial charge in [-0.25, -0.2) is 4.39 Å². The summed E-state index contributed by atoms with van der Waals surface area (Å²) in [4.78, 5) is 0. The van der Waals surface area contributed by atoms with Crippen LogP contribution < -0.4 is 0 Å². The molecule has 0 aliphatic carbocycles. The van der Waals surface area contributed by atoms with E-state index >= 15 is 0 Å². The van der Waals surface area contributed by atoms with Crippen molar-refractivity contribution in [3.8, 4) is 0 Å². The van der Waals surface area contributed by atoms with Crippen LogP contribution in [-0.4, -0.2) is 5.11 Å². The molecule has 0 aromatic heterocycles. The maximum Gasteiger partial charge on any atom is 0.129 e. The van der Waals surface area contributed by atoms with Crippen LogP contribution in [0.25, 0.3) is 0 Å². The largest absolute Gasteiger partial charge is 0.388 e. The quantitative estimate of drug-likeness (QED) is 0.881. The molecule has 0 spiro atoms. The van der Waals surface area contributed by atoms with Gasteiger partial charge in [0.25, 0.3) is 0 Å². The maximum atomic E-state index is 14.1. The lowest BCUT2D eigenvalue weighted by Crippen LogP contribution is -2.08. The van der Waals surface area contributed by atoms with Crippen molar-refractivity contribution in [2.75, 3.05) is 0 Å². The van der Waals surface area contributed by atoms with Gasteiger partial charge in [0, 0.05) is 12.0 Å². The van der Waals surface area contributed by atoms with Gasteiger partial charge in [-0.3, -0.25) is 0 Å². The molecule has 20 heavy (non-hydrogen) atoms. The summed E-state index contributed by atoms with van der Waals surface area (Å²) in [5, 5.41) is 10.4. The van der Waals surface area contributed by atoms with Gasteiger partial charge in [0.2, 0.25) is 0 Å². The van der Waals surface area contributed by atoms with Crippen LogP contribution in [0.4, 0.5) is 4.39 Å². The van der Waals surface area contributed by atoms with E-state index < -0.39 is 6.10 Å². The van der Waals surface area contributed by atoms with Gasteiger partial charge in [0.05, 0.1) is 6.10 Å². The van der Waals surface area contributed by atoms with Crippen LogP contribution >= 0.6 is 0 Å². The third-order valence-corrected chi connectivity index (χ3v) is 3.73. The minimum Gasteiger partial charge on any atom is -0.388 e. The van der Waals surface area contributed by atoms with Crippen LogP contribution in [-0.2, 0) is 6.42 Å². The van der Waals surface area contributed by atoms with Gasteiger partial charge in [-0.2, -0.15) is 0 Å². The number of rotatable bonds is 3. The number of benzene rings is 2. The van der Waals surface area contributed by atoms with Gasteiger partial charge in [-0.15, -0.1) is 0 Å². The predicted molar refractivity (Wildman–Crippen MR) is 80.5 cm³/mol. The van der Waals surface area contributed by atoms with E-state index in [4.69, 9.17) is 0 Å². The summed E-state index contributed by atoms with van der Waals surface area (Å²) in [6.07, 6.45) is -0.370. The molecule has 0 aliphatic heterocycles. The second-order valence-electron chi connectivity index (χ2n) is 5.63. The van der Waals surface area contributed by atoms with Gasteiger partial charge >= 0.3 is 0 Å². The van der Waals surface area contributed by atoms with E-state index in [1.165, 1.54) is 6.07 Å². The summed E-state index contributed by atoms with van der Waals surface area (Å²) in [6.45, 7) is 7.74. The van der Waals surface area contributed by atoms with Crippen LogP contribution in [0.15, 0.2) is 30.3 Å². The summed E-state index contributed by atoms with van der Waals surface area (Å²) >= 11 is 0. The Morgan fingerprint density at radius 3 is 2.30 bits per heavy atom. The molecule has 1 unspecified atom stereocenters. The molecule has 1 N–H and O–H groups in total. The summed E-state index contributed by atoms with van der Waals surface area (Å²) < 4.78 is 14.1. The van der Waals surface area contributed by atoms with Crippen molar-refractivity contribution in [3.63, 3.8) is 0 Å². The number of aliphatic hydroxyl groups excluding tert-OH is 1. The highest BCUT2D eigenvalue weighted by Gasteiger charge is 2.17. The van der Waals surface area contributed by atoms with Crippen LogP contribution in [0.2, 0.25) is 0 Å². The molecular formula is C18H21FO. The molecule has 1 atom stereocenters.